The third-order valence-corrected chi connectivity index (χ3v) is 4.82. The molecule has 0 saturated heterocycles. The van der Waals surface area contributed by atoms with Gasteiger partial charge >= 0.3 is 6.18 Å². The number of alkyl halides is 3. The van der Waals surface area contributed by atoms with E-state index in [0.29, 0.717) is 11.3 Å². The predicted molar refractivity (Wildman–Crippen MR) is 100 cm³/mol. The van der Waals surface area contributed by atoms with Gasteiger partial charge < -0.3 is 5.32 Å². The van der Waals surface area contributed by atoms with Crippen molar-refractivity contribution >= 4 is 34.0 Å². The van der Waals surface area contributed by atoms with E-state index in [1.165, 1.54) is 17.0 Å². The molecule has 4 rings (SSSR count). The van der Waals surface area contributed by atoms with Crippen molar-refractivity contribution in [3.8, 4) is 0 Å². The predicted octanol–water partition coefficient (Wildman–Crippen LogP) is 4.85. The maximum atomic E-state index is 12.9. The summed E-state index contributed by atoms with van der Waals surface area (Å²) in [5.74, 6) is -0.879. The molecule has 1 atom stereocenters. The Balaban J connectivity index is 1.62. The first-order chi connectivity index (χ1) is 13.3. The summed E-state index contributed by atoms with van der Waals surface area (Å²) in [5.41, 5.74) is 0.290. The van der Waals surface area contributed by atoms with Crippen molar-refractivity contribution in [2.24, 2.45) is 0 Å². The molecule has 7 heteroatoms. The Hall–Kier alpha value is -3.35. The molecule has 0 spiro atoms. The summed E-state index contributed by atoms with van der Waals surface area (Å²) < 4.78 is 38.6. The maximum absolute atomic E-state index is 12.9. The third-order valence-electron chi connectivity index (χ3n) is 4.82. The number of hydrogen-bond acceptors (Lipinski definition) is 2. The molecule has 2 amide bonds. The smallest absolute Gasteiger partial charge is 0.324 e. The van der Waals surface area contributed by atoms with Gasteiger partial charge in [0.1, 0.15) is 6.04 Å². The van der Waals surface area contributed by atoms with E-state index in [9.17, 15) is 22.8 Å². The van der Waals surface area contributed by atoms with E-state index in [-0.39, 0.29) is 11.6 Å². The molecule has 1 unspecified atom stereocenters. The monoisotopic (exact) mass is 384 g/mol. The fourth-order valence-corrected chi connectivity index (χ4v) is 3.46. The van der Waals surface area contributed by atoms with Gasteiger partial charge in [-0.3, -0.25) is 14.5 Å². The van der Waals surface area contributed by atoms with Crippen molar-refractivity contribution in [3.05, 3.63) is 71.8 Å². The van der Waals surface area contributed by atoms with Crippen LogP contribution in [0, 0.1) is 0 Å². The van der Waals surface area contributed by atoms with Crippen molar-refractivity contribution in [3.63, 3.8) is 0 Å². The Morgan fingerprint density at radius 3 is 2.43 bits per heavy atom. The minimum atomic E-state index is -4.51. The van der Waals surface area contributed by atoms with Crippen LogP contribution in [-0.4, -0.2) is 17.9 Å². The zero-order valence-electron chi connectivity index (χ0n) is 14.7. The van der Waals surface area contributed by atoms with Gasteiger partial charge in [-0.25, -0.2) is 0 Å². The molecule has 3 aromatic rings. The van der Waals surface area contributed by atoms with Gasteiger partial charge in [0.15, 0.2) is 0 Å². The molecule has 1 N–H and O–H groups in total. The Labute approximate surface area is 158 Å². The molecular weight excluding hydrogens is 369 g/mol. The van der Waals surface area contributed by atoms with Crippen LogP contribution in [0.3, 0.4) is 0 Å². The quantitative estimate of drug-likeness (QED) is 0.702. The second kappa shape index (κ2) is 6.37. The number of nitrogens with one attached hydrogen (secondary N) is 1. The summed E-state index contributed by atoms with van der Waals surface area (Å²) in [7, 11) is 0. The minimum absolute atomic E-state index is 0.0223. The van der Waals surface area contributed by atoms with Gasteiger partial charge in [0.2, 0.25) is 5.91 Å². The van der Waals surface area contributed by atoms with Crippen LogP contribution >= 0.6 is 0 Å². The first kappa shape index (κ1) is 18.0. The van der Waals surface area contributed by atoms with Crippen LogP contribution in [0.25, 0.3) is 10.8 Å². The number of carbonyl (C=O) groups excluding carboxylic acids is 2. The lowest BCUT2D eigenvalue weighted by atomic mass is 10.1. The van der Waals surface area contributed by atoms with Crippen LogP contribution in [0.15, 0.2) is 60.7 Å². The summed E-state index contributed by atoms with van der Waals surface area (Å²) in [6.07, 6.45) is -4.51. The summed E-state index contributed by atoms with van der Waals surface area (Å²) in [4.78, 5) is 26.9. The van der Waals surface area contributed by atoms with E-state index in [4.69, 9.17) is 0 Å². The summed E-state index contributed by atoms with van der Waals surface area (Å²) >= 11 is 0. The number of carbonyl (C=O) groups is 2. The molecule has 0 aromatic heterocycles. The van der Waals surface area contributed by atoms with E-state index in [0.717, 1.165) is 22.9 Å². The van der Waals surface area contributed by atoms with Gasteiger partial charge in [0, 0.05) is 16.6 Å². The second-order valence-corrected chi connectivity index (χ2v) is 6.60. The van der Waals surface area contributed by atoms with Gasteiger partial charge in [-0.2, -0.15) is 13.2 Å². The first-order valence-corrected chi connectivity index (χ1v) is 8.61. The van der Waals surface area contributed by atoms with Gasteiger partial charge in [-0.05, 0) is 42.6 Å². The normalized spacial score (nSPS) is 14.4. The number of amides is 2. The summed E-state index contributed by atoms with van der Waals surface area (Å²) in [6, 6.07) is 14.3. The molecule has 1 heterocycles. The van der Waals surface area contributed by atoms with Crippen LogP contribution < -0.4 is 10.2 Å². The topological polar surface area (TPSA) is 49.4 Å². The molecule has 0 aliphatic carbocycles. The largest absolute Gasteiger partial charge is 0.416 e. The highest BCUT2D eigenvalue weighted by atomic mass is 19.4. The minimum Gasteiger partial charge on any atom is -0.324 e. The van der Waals surface area contributed by atoms with E-state index in [1.54, 1.807) is 31.2 Å². The molecule has 3 aromatic carbocycles. The van der Waals surface area contributed by atoms with Crippen LogP contribution in [0.5, 0.6) is 0 Å². The number of benzene rings is 3. The van der Waals surface area contributed by atoms with Crippen LogP contribution in [0.1, 0.15) is 22.8 Å². The second-order valence-electron chi connectivity index (χ2n) is 6.60. The van der Waals surface area contributed by atoms with Crippen LogP contribution in [0.4, 0.5) is 24.5 Å². The molecule has 0 saturated carbocycles. The molecule has 142 valence electrons. The molecule has 28 heavy (non-hydrogen) atoms. The van der Waals surface area contributed by atoms with Crippen LogP contribution in [-0.2, 0) is 11.0 Å². The van der Waals surface area contributed by atoms with Crippen molar-refractivity contribution in [1.29, 1.82) is 0 Å². The van der Waals surface area contributed by atoms with Gasteiger partial charge in [-0.1, -0.05) is 30.3 Å². The third kappa shape index (κ3) is 2.89. The average Bonchev–Trinajstić information content (AvgIpc) is 2.95. The lowest BCUT2D eigenvalue weighted by molar-refractivity contribution is -0.137. The van der Waals surface area contributed by atoms with Gasteiger partial charge in [-0.15, -0.1) is 0 Å². The number of rotatable bonds is 3. The van der Waals surface area contributed by atoms with Crippen molar-refractivity contribution in [2.75, 3.05) is 10.2 Å². The summed E-state index contributed by atoms with van der Waals surface area (Å²) in [6.45, 7) is 1.55. The molecule has 0 radical (unpaired) electrons. The Kier molecular flexibility index (Phi) is 4.10. The first-order valence-electron chi connectivity index (χ1n) is 8.61. The van der Waals surface area contributed by atoms with Crippen molar-refractivity contribution < 1.29 is 22.8 Å². The van der Waals surface area contributed by atoms with Crippen molar-refractivity contribution in [1.82, 2.24) is 0 Å². The Morgan fingerprint density at radius 2 is 1.71 bits per heavy atom. The van der Waals surface area contributed by atoms with E-state index in [1.807, 2.05) is 12.1 Å². The average molecular weight is 384 g/mol. The fraction of sp³-hybridized carbons (Fsp3) is 0.143. The number of nitrogens with zero attached hydrogens (tertiary/aromatic N) is 1. The highest BCUT2D eigenvalue weighted by Crippen LogP contribution is 2.38. The van der Waals surface area contributed by atoms with E-state index >= 15 is 0 Å². The summed E-state index contributed by atoms with van der Waals surface area (Å²) in [5, 5.41) is 4.14. The highest BCUT2D eigenvalue weighted by molar-refractivity contribution is 6.26. The number of halogens is 3. The standard InChI is InChI=1S/C21H15F3N2O2/c1-12(19(27)25-15-8-4-7-14(11-15)21(22,23)24)26-17-10-3-6-13-5-2-9-16(18(13)17)20(26)28/h2-12H,1H3,(H,25,27). The zero-order chi connectivity index (χ0) is 20.1. The highest BCUT2D eigenvalue weighted by Gasteiger charge is 2.36. The lowest BCUT2D eigenvalue weighted by Gasteiger charge is -2.25. The molecule has 4 nitrogen and oxygen atoms in total. The SMILES string of the molecule is CC(C(=O)Nc1cccc(C(F)(F)F)c1)N1C(=O)c2cccc3cccc1c23. The Morgan fingerprint density at radius 1 is 1.04 bits per heavy atom. The molecule has 1 aliphatic rings. The number of hydrogen-bond donors (Lipinski definition) is 1. The maximum Gasteiger partial charge on any atom is 0.416 e. The fourth-order valence-electron chi connectivity index (χ4n) is 3.46. The number of anilines is 2. The Bertz CT molecular complexity index is 1100. The van der Waals surface area contributed by atoms with E-state index in [2.05, 4.69) is 5.32 Å². The van der Waals surface area contributed by atoms with E-state index < -0.39 is 23.7 Å². The van der Waals surface area contributed by atoms with Crippen LogP contribution in [0.2, 0.25) is 0 Å². The molecule has 0 fully saturated rings. The molecular formula is C21H15F3N2O2. The molecule has 0 bridgehead atoms. The zero-order valence-corrected chi connectivity index (χ0v) is 14.7. The lowest BCUT2D eigenvalue weighted by Crippen LogP contribution is -2.44. The van der Waals surface area contributed by atoms with Crippen molar-refractivity contribution in [2.45, 2.75) is 19.1 Å². The van der Waals surface area contributed by atoms with Gasteiger partial charge in [0.05, 0.1) is 11.3 Å². The van der Waals surface area contributed by atoms with Gasteiger partial charge in [0.25, 0.3) is 5.91 Å². The molecule has 1 aliphatic heterocycles.